The molecule has 1 N–H and O–H groups in total. The highest BCUT2D eigenvalue weighted by molar-refractivity contribution is 5.90. The molecule has 3 rings (SSSR count). The Morgan fingerprint density at radius 1 is 1.04 bits per heavy atom. The molecular weight excluding hydrogens is 345 g/mol. The molecule has 1 amide bonds. The van der Waals surface area contributed by atoms with Gasteiger partial charge in [0.25, 0.3) is 0 Å². The lowest BCUT2D eigenvalue weighted by Crippen LogP contribution is -2.09. The van der Waals surface area contributed by atoms with E-state index < -0.39 is 17.6 Å². The van der Waals surface area contributed by atoms with E-state index in [2.05, 4.69) is 5.32 Å². The monoisotopic (exact) mass is 360 g/mol. The Kier molecular flexibility index (Phi) is 4.71. The summed E-state index contributed by atoms with van der Waals surface area (Å²) in [4.78, 5) is 11.3. The molecule has 0 bridgehead atoms. The van der Waals surface area contributed by atoms with Crippen LogP contribution in [0.5, 0.6) is 11.5 Å². The number of nitrogens with zero attached hydrogens (tertiary/aromatic N) is 1. The number of alkyl halides is 3. The Balaban J connectivity index is 1.90. The van der Waals surface area contributed by atoms with Gasteiger partial charge in [0.2, 0.25) is 5.91 Å². The smallest absolute Gasteiger partial charge is 0.416 e. The van der Waals surface area contributed by atoms with Crippen molar-refractivity contribution in [1.29, 1.82) is 0 Å². The molecule has 1 heterocycles. The SMILES string of the molecule is CC(=O)Nc1ccc(C(F)(F)F)cc1Oc1ccc(-n2cccc2)cc1. The number of carbonyl (C=O) groups is 1. The molecule has 0 atom stereocenters. The normalized spacial score (nSPS) is 11.2. The number of rotatable bonds is 4. The zero-order valence-electron chi connectivity index (χ0n) is 13.7. The van der Waals surface area contributed by atoms with Gasteiger partial charge in [0.15, 0.2) is 5.75 Å². The van der Waals surface area contributed by atoms with Crippen LogP contribution in [0.25, 0.3) is 5.69 Å². The first-order valence-corrected chi connectivity index (χ1v) is 7.73. The summed E-state index contributed by atoms with van der Waals surface area (Å²) in [6, 6.07) is 13.5. The van der Waals surface area contributed by atoms with Crippen LogP contribution < -0.4 is 10.1 Å². The Bertz CT molecular complexity index is 902. The Labute approximate surface area is 147 Å². The molecule has 0 spiro atoms. The number of hydrogen-bond acceptors (Lipinski definition) is 2. The maximum Gasteiger partial charge on any atom is 0.416 e. The van der Waals surface area contributed by atoms with Crippen molar-refractivity contribution in [1.82, 2.24) is 4.57 Å². The van der Waals surface area contributed by atoms with Crippen LogP contribution in [0, 0.1) is 0 Å². The fraction of sp³-hybridized carbons (Fsp3) is 0.105. The topological polar surface area (TPSA) is 43.3 Å². The van der Waals surface area contributed by atoms with E-state index in [0.717, 1.165) is 17.8 Å². The summed E-state index contributed by atoms with van der Waals surface area (Å²) in [5.74, 6) is -0.131. The van der Waals surface area contributed by atoms with Crippen LogP contribution in [0.4, 0.5) is 18.9 Å². The second-order valence-electron chi connectivity index (χ2n) is 5.58. The minimum Gasteiger partial charge on any atom is -0.455 e. The Morgan fingerprint density at radius 3 is 2.27 bits per heavy atom. The molecule has 0 aliphatic carbocycles. The molecule has 4 nitrogen and oxygen atoms in total. The molecule has 26 heavy (non-hydrogen) atoms. The molecule has 0 saturated heterocycles. The van der Waals surface area contributed by atoms with Gasteiger partial charge in [-0.3, -0.25) is 4.79 Å². The number of ether oxygens (including phenoxy) is 1. The first-order valence-electron chi connectivity index (χ1n) is 7.73. The van der Waals surface area contributed by atoms with Gasteiger partial charge < -0.3 is 14.6 Å². The van der Waals surface area contributed by atoms with Crippen LogP contribution in [-0.4, -0.2) is 10.5 Å². The molecule has 2 aromatic carbocycles. The predicted octanol–water partition coefficient (Wildman–Crippen LogP) is 5.25. The molecule has 0 radical (unpaired) electrons. The average Bonchev–Trinajstić information content (AvgIpc) is 3.10. The molecule has 0 fully saturated rings. The molecule has 3 aromatic rings. The van der Waals surface area contributed by atoms with Crippen LogP contribution >= 0.6 is 0 Å². The van der Waals surface area contributed by atoms with Crippen molar-refractivity contribution >= 4 is 11.6 Å². The fourth-order valence-electron chi connectivity index (χ4n) is 2.40. The highest BCUT2D eigenvalue weighted by atomic mass is 19.4. The zero-order chi connectivity index (χ0) is 18.7. The standard InChI is InChI=1S/C19H15F3N2O2/c1-13(25)23-17-9-4-14(19(20,21)22)12-18(17)26-16-7-5-15(6-8-16)24-10-2-3-11-24/h2-12H,1H3,(H,23,25). The van der Waals surface area contributed by atoms with Gasteiger partial charge in [0, 0.05) is 25.0 Å². The minimum absolute atomic E-state index is 0.0799. The third-order valence-electron chi connectivity index (χ3n) is 3.59. The largest absolute Gasteiger partial charge is 0.455 e. The molecule has 1 aromatic heterocycles. The maximum absolute atomic E-state index is 13.0. The highest BCUT2D eigenvalue weighted by Gasteiger charge is 2.31. The zero-order valence-corrected chi connectivity index (χ0v) is 13.7. The van der Waals surface area contributed by atoms with Gasteiger partial charge in [-0.1, -0.05) is 0 Å². The van der Waals surface area contributed by atoms with Crippen LogP contribution in [-0.2, 0) is 11.0 Å². The third kappa shape index (κ3) is 4.05. The summed E-state index contributed by atoms with van der Waals surface area (Å²) >= 11 is 0. The average molecular weight is 360 g/mol. The summed E-state index contributed by atoms with van der Waals surface area (Å²) in [5, 5.41) is 2.47. The summed E-state index contributed by atoms with van der Waals surface area (Å²) in [6.45, 7) is 1.27. The van der Waals surface area contributed by atoms with Crippen molar-refractivity contribution in [3.8, 4) is 17.2 Å². The van der Waals surface area contributed by atoms with Crippen molar-refractivity contribution < 1.29 is 22.7 Å². The molecule has 0 saturated carbocycles. The molecule has 0 aliphatic rings. The first-order chi connectivity index (χ1) is 12.3. The third-order valence-corrected chi connectivity index (χ3v) is 3.59. The fourth-order valence-corrected chi connectivity index (χ4v) is 2.40. The Morgan fingerprint density at radius 2 is 1.69 bits per heavy atom. The van der Waals surface area contributed by atoms with Crippen LogP contribution in [0.15, 0.2) is 67.0 Å². The number of halogens is 3. The number of benzene rings is 2. The van der Waals surface area contributed by atoms with Crippen molar-refractivity contribution in [2.75, 3.05) is 5.32 Å². The van der Waals surface area contributed by atoms with E-state index >= 15 is 0 Å². The number of nitrogens with one attached hydrogen (secondary N) is 1. The number of hydrogen-bond donors (Lipinski definition) is 1. The molecule has 7 heteroatoms. The van der Waals surface area contributed by atoms with Crippen molar-refractivity contribution in [2.45, 2.75) is 13.1 Å². The quantitative estimate of drug-likeness (QED) is 0.691. The molecule has 0 unspecified atom stereocenters. The van der Waals surface area contributed by atoms with Gasteiger partial charge in [-0.25, -0.2) is 0 Å². The number of anilines is 1. The summed E-state index contributed by atoms with van der Waals surface area (Å²) in [7, 11) is 0. The van der Waals surface area contributed by atoms with Crippen LogP contribution in [0.3, 0.4) is 0 Å². The number of amides is 1. The van der Waals surface area contributed by atoms with Crippen molar-refractivity contribution in [2.24, 2.45) is 0 Å². The molecular formula is C19H15F3N2O2. The highest BCUT2D eigenvalue weighted by Crippen LogP contribution is 2.37. The predicted molar refractivity (Wildman–Crippen MR) is 91.6 cm³/mol. The lowest BCUT2D eigenvalue weighted by atomic mass is 10.1. The van der Waals surface area contributed by atoms with E-state index in [9.17, 15) is 18.0 Å². The van der Waals surface area contributed by atoms with Crippen LogP contribution in [0.2, 0.25) is 0 Å². The van der Waals surface area contributed by atoms with Gasteiger partial charge in [-0.05, 0) is 54.6 Å². The van der Waals surface area contributed by atoms with Crippen molar-refractivity contribution in [3.63, 3.8) is 0 Å². The second-order valence-corrected chi connectivity index (χ2v) is 5.58. The lowest BCUT2D eigenvalue weighted by molar-refractivity contribution is -0.137. The van der Waals surface area contributed by atoms with E-state index in [-0.39, 0.29) is 11.4 Å². The van der Waals surface area contributed by atoms with Gasteiger partial charge in [0.05, 0.1) is 11.3 Å². The number of aromatic nitrogens is 1. The van der Waals surface area contributed by atoms with E-state index in [4.69, 9.17) is 4.74 Å². The van der Waals surface area contributed by atoms with E-state index in [1.807, 2.05) is 29.1 Å². The van der Waals surface area contributed by atoms with E-state index in [1.54, 1.807) is 24.3 Å². The van der Waals surface area contributed by atoms with E-state index in [1.165, 1.54) is 13.0 Å². The number of carbonyl (C=O) groups excluding carboxylic acids is 1. The van der Waals surface area contributed by atoms with Gasteiger partial charge in [-0.2, -0.15) is 13.2 Å². The van der Waals surface area contributed by atoms with Gasteiger partial charge in [-0.15, -0.1) is 0 Å². The summed E-state index contributed by atoms with van der Waals surface area (Å²) in [5.41, 5.74) is 0.194. The Hall–Kier alpha value is -3.22. The molecule has 0 aliphatic heterocycles. The minimum atomic E-state index is -4.51. The van der Waals surface area contributed by atoms with Crippen LogP contribution in [0.1, 0.15) is 12.5 Å². The maximum atomic E-state index is 13.0. The second kappa shape index (κ2) is 6.95. The summed E-state index contributed by atoms with van der Waals surface area (Å²) < 4.78 is 46.4. The van der Waals surface area contributed by atoms with Crippen molar-refractivity contribution in [3.05, 3.63) is 72.6 Å². The van der Waals surface area contributed by atoms with Gasteiger partial charge >= 0.3 is 6.18 Å². The molecule has 134 valence electrons. The van der Waals surface area contributed by atoms with E-state index in [0.29, 0.717) is 5.75 Å². The lowest BCUT2D eigenvalue weighted by Gasteiger charge is -2.15. The summed E-state index contributed by atoms with van der Waals surface area (Å²) in [6.07, 6.45) is -0.764. The first kappa shape index (κ1) is 17.6. The van der Waals surface area contributed by atoms with Gasteiger partial charge in [0.1, 0.15) is 5.75 Å².